The van der Waals surface area contributed by atoms with Crippen molar-refractivity contribution in [1.82, 2.24) is 10.2 Å². The molecular weight excluding hydrogens is 371 g/mol. The molecule has 1 saturated carbocycles. The molecule has 1 N–H and O–H groups in total. The van der Waals surface area contributed by atoms with E-state index < -0.39 is 11.9 Å². The third kappa shape index (κ3) is 5.79. The summed E-state index contributed by atoms with van der Waals surface area (Å²) in [6, 6.07) is 14.9. The molecule has 2 aromatic rings. The molecule has 0 saturated heterocycles. The number of carbonyl (C=O) groups is 2. The topological polar surface area (TPSA) is 58.6 Å². The van der Waals surface area contributed by atoms with Crippen LogP contribution in [0.4, 0.5) is 4.39 Å². The van der Waals surface area contributed by atoms with Gasteiger partial charge in [-0.05, 0) is 37.5 Å². The first kappa shape index (κ1) is 20.8. The Morgan fingerprint density at radius 2 is 1.76 bits per heavy atom. The molecule has 1 fully saturated rings. The fourth-order valence-corrected chi connectivity index (χ4v) is 3.54. The van der Waals surface area contributed by atoms with Crippen molar-refractivity contribution < 1.29 is 18.7 Å². The molecule has 1 atom stereocenters. The van der Waals surface area contributed by atoms with E-state index in [1.807, 2.05) is 30.3 Å². The Hall–Kier alpha value is -2.89. The predicted octanol–water partition coefficient (Wildman–Crippen LogP) is 3.68. The molecule has 0 spiro atoms. The van der Waals surface area contributed by atoms with Gasteiger partial charge in [-0.3, -0.25) is 9.59 Å². The van der Waals surface area contributed by atoms with Crippen LogP contribution in [0.25, 0.3) is 0 Å². The molecule has 3 rings (SSSR count). The van der Waals surface area contributed by atoms with Crippen LogP contribution in [0.2, 0.25) is 0 Å². The SMILES string of the molecule is C[C@H](C(=O)NC1CCCC1)N(Cc1ccccc1)C(=O)COc1ccccc1F. The highest BCUT2D eigenvalue weighted by molar-refractivity contribution is 5.88. The van der Waals surface area contributed by atoms with E-state index in [4.69, 9.17) is 4.74 Å². The van der Waals surface area contributed by atoms with Gasteiger partial charge in [-0.1, -0.05) is 55.3 Å². The normalized spacial score (nSPS) is 15.0. The van der Waals surface area contributed by atoms with Crippen molar-refractivity contribution in [3.05, 3.63) is 66.0 Å². The van der Waals surface area contributed by atoms with Crippen molar-refractivity contribution >= 4 is 11.8 Å². The van der Waals surface area contributed by atoms with E-state index in [0.717, 1.165) is 31.2 Å². The molecule has 0 unspecified atom stereocenters. The minimum Gasteiger partial charge on any atom is -0.481 e. The summed E-state index contributed by atoms with van der Waals surface area (Å²) in [6.07, 6.45) is 4.17. The predicted molar refractivity (Wildman–Crippen MR) is 109 cm³/mol. The molecule has 0 aromatic heterocycles. The van der Waals surface area contributed by atoms with Gasteiger partial charge in [-0.2, -0.15) is 0 Å². The summed E-state index contributed by atoms with van der Waals surface area (Å²) in [5.74, 6) is -1.05. The van der Waals surface area contributed by atoms with Crippen molar-refractivity contribution in [2.75, 3.05) is 6.61 Å². The van der Waals surface area contributed by atoms with Gasteiger partial charge in [0.2, 0.25) is 5.91 Å². The highest BCUT2D eigenvalue weighted by Gasteiger charge is 2.28. The van der Waals surface area contributed by atoms with Crippen LogP contribution in [0.1, 0.15) is 38.2 Å². The van der Waals surface area contributed by atoms with Crippen LogP contribution in [0, 0.1) is 5.82 Å². The molecule has 29 heavy (non-hydrogen) atoms. The summed E-state index contributed by atoms with van der Waals surface area (Å²) < 4.78 is 19.2. The number of ether oxygens (including phenoxy) is 1. The zero-order valence-electron chi connectivity index (χ0n) is 16.6. The molecule has 154 valence electrons. The quantitative estimate of drug-likeness (QED) is 0.738. The van der Waals surface area contributed by atoms with E-state index in [0.29, 0.717) is 0 Å². The van der Waals surface area contributed by atoms with Crippen LogP contribution in [-0.4, -0.2) is 35.4 Å². The number of carbonyl (C=O) groups excluding carboxylic acids is 2. The number of nitrogens with one attached hydrogen (secondary N) is 1. The molecule has 0 bridgehead atoms. The van der Waals surface area contributed by atoms with E-state index in [9.17, 15) is 14.0 Å². The summed E-state index contributed by atoms with van der Waals surface area (Å²) in [5, 5.41) is 3.05. The van der Waals surface area contributed by atoms with Crippen LogP contribution < -0.4 is 10.1 Å². The van der Waals surface area contributed by atoms with E-state index in [1.165, 1.54) is 17.0 Å². The maximum Gasteiger partial charge on any atom is 0.261 e. The summed E-state index contributed by atoms with van der Waals surface area (Å²) in [6.45, 7) is 1.66. The Labute approximate surface area is 170 Å². The van der Waals surface area contributed by atoms with Crippen LogP contribution >= 0.6 is 0 Å². The molecule has 2 amide bonds. The van der Waals surface area contributed by atoms with Crippen molar-refractivity contribution in [2.45, 2.75) is 51.2 Å². The van der Waals surface area contributed by atoms with Gasteiger partial charge in [0.25, 0.3) is 5.91 Å². The van der Waals surface area contributed by atoms with Crippen molar-refractivity contribution in [3.8, 4) is 5.75 Å². The molecule has 0 heterocycles. The molecule has 1 aliphatic carbocycles. The van der Waals surface area contributed by atoms with Gasteiger partial charge in [0, 0.05) is 12.6 Å². The number of para-hydroxylation sites is 1. The van der Waals surface area contributed by atoms with E-state index in [2.05, 4.69) is 5.32 Å². The third-order valence-electron chi connectivity index (χ3n) is 5.25. The van der Waals surface area contributed by atoms with Crippen molar-refractivity contribution in [1.29, 1.82) is 0 Å². The standard InChI is InChI=1S/C23H27FN2O3/c1-17(23(28)25-19-11-5-6-12-19)26(15-18-9-3-2-4-10-18)22(27)16-29-21-14-8-7-13-20(21)24/h2-4,7-10,13-14,17,19H,5-6,11-12,15-16H2,1H3,(H,25,28)/t17-/m1/s1. The highest BCUT2D eigenvalue weighted by Crippen LogP contribution is 2.19. The fraction of sp³-hybridized carbons (Fsp3) is 0.391. The second-order valence-corrected chi connectivity index (χ2v) is 7.39. The van der Waals surface area contributed by atoms with Gasteiger partial charge in [-0.25, -0.2) is 4.39 Å². The lowest BCUT2D eigenvalue weighted by Gasteiger charge is -2.29. The average Bonchev–Trinajstić information content (AvgIpc) is 3.24. The van der Waals surface area contributed by atoms with Crippen LogP contribution in [0.5, 0.6) is 5.75 Å². The monoisotopic (exact) mass is 398 g/mol. The molecule has 0 aliphatic heterocycles. The molecule has 0 radical (unpaired) electrons. The molecule has 1 aliphatic rings. The minimum absolute atomic E-state index is 0.0172. The smallest absolute Gasteiger partial charge is 0.261 e. The third-order valence-corrected chi connectivity index (χ3v) is 5.25. The first-order valence-corrected chi connectivity index (χ1v) is 10.1. The largest absolute Gasteiger partial charge is 0.481 e. The summed E-state index contributed by atoms with van der Waals surface area (Å²) in [7, 11) is 0. The van der Waals surface area contributed by atoms with Gasteiger partial charge >= 0.3 is 0 Å². The lowest BCUT2D eigenvalue weighted by atomic mass is 10.1. The van der Waals surface area contributed by atoms with Crippen LogP contribution in [0.3, 0.4) is 0 Å². The van der Waals surface area contributed by atoms with Crippen LogP contribution in [0.15, 0.2) is 54.6 Å². The Morgan fingerprint density at radius 1 is 1.10 bits per heavy atom. The molecule has 2 aromatic carbocycles. The maximum atomic E-state index is 13.8. The molecule has 6 heteroatoms. The van der Waals surface area contributed by atoms with Gasteiger partial charge in [0.15, 0.2) is 18.2 Å². The fourth-order valence-electron chi connectivity index (χ4n) is 3.54. The Kier molecular flexibility index (Phi) is 7.22. The zero-order chi connectivity index (χ0) is 20.6. The number of nitrogens with zero attached hydrogens (tertiary/aromatic N) is 1. The number of benzene rings is 2. The second kappa shape index (κ2) is 10.0. The van der Waals surface area contributed by atoms with Gasteiger partial charge in [-0.15, -0.1) is 0 Å². The van der Waals surface area contributed by atoms with Gasteiger partial charge < -0.3 is 15.0 Å². The van der Waals surface area contributed by atoms with Gasteiger partial charge in [0.05, 0.1) is 0 Å². The first-order chi connectivity index (χ1) is 14.0. The maximum absolute atomic E-state index is 13.8. The lowest BCUT2D eigenvalue weighted by molar-refractivity contribution is -0.142. The summed E-state index contributed by atoms with van der Waals surface area (Å²) >= 11 is 0. The number of rotatable bonds is 8. The summed E-state index contributed by atoms with van der Waals surface area (Å²) in [4.78, 5) is 27.2. The van der Waals surface area contributed by atoms with E-state index in [1.54, 1.807) is 19.1 Å². The van der Waals surface area contributed by atoms with Crippen molar-refractivity contribution in [2.24, 2.45) is 0 Å². The lowest BCUT2D eigenvalue weighted by Crippen LogP contribution is -2.50. The van der Waals surface area contributed by atoms with E-state index in [-0.39, 0.29) is 36.8 Å². The highest BCUT2D eigenvalue weighted by atomic mass is 19.1. The minimum atomic E-state index is -0.660. The average molecular weight is 398 g/mol. The number of amides is 2. The number of hydrogen-bond donors (Lipinski definition) is 1. The second-order valence-electron chi connectivity index (χ2n) is 7.39. The zero-order valence-corrected chi connectivity index (χ0v) is 16.6. The first-order valence-electron chi connectivity index (χ1n) is 10.1. The Morgan fingerprint density at radius 3 is 2.45 bits per heavy atom. The Bertz CT molecular complexity index is 822. The number of hydrogen-bond acceptors (Lipinski definition) is 3. The summed E-state index contributed by atoms with van der Waals surface area (Å²) in [5.41, 5.74) is 0.909. The number of halogens is 1. The van der Waals surface area contributed by atoms with Crippen LogP contribution in [-0.2, 0) is 16.1 Å². The molecule has 5 nitrogen and oxygen atoms in total. The molecular formula is C23H27FN2O3. The van der Waals surface area contributed by atoms with Gasteiger partial charge in [0.1, 0.15) is 6.04 Å². The van der Waals surface area contributed by atoms with Crippen molar-refractivity contribution in [3.63, 3.8) is 0 Å². The van der Waals surface area contributed by atoms with E-state index >= 15 is 0 Å². The Balaban J connectivity index is 1.69.